The number of benzene rings is 1. The molecule has 1 atom stereocenters. The van der Waals surface area contributed by atoms with Gasteiger partial charge in [-0.05, 0) is 37.1 Å². The number of likely N-dealkylation sites (tertiary alicyclic amines) is 1. The van der Waals surface area contributed by atoms with Gasteiger partial charge in [-0.1, -0.05) is 23.7 Å². The molecule has 1 aromatic carbocycles. The molecular formula is C12H15Cl2NO2. The fourth-order valence-electron chi connectivity index (χ4n) is 2.12. The first-order valence-electron chi connectivity index (χ1n) is 5.38. The zero-order valence-electron chi connectivity index (χ0n) is 9.30. The fraction of sp³-hybridized carbons (Fsp3) is 0.417. The summed E-state index contributed by atoms with van der Waals surface area (Å²) in [6.07, 6.45) is 1.72. The van der Waals surface area contributed by atoms with Crippen molar-refractivity contribution in [3.63, 3.8) is 0 Å². The van der Waals surface area contributed by atoms with Crippen LogP contribution >= 0.6 is 24.0 Å². The zero-order chi connectivity index (χ0) is 11.5. The highest BCUT2D eigenvalue weighted by Crippen LogP contribution is 2.20. The minimum atomic E-state index is -0.716. The Labute approximate surface area is 112 Å². The molecule has 3 nitrogen and oxygen atoms in total. The molecule has 0 aliphatic carbocycles. The Bertz CT molecular complexity index is 381. The summed E-state index contributed by atoms with van der Waals surface area (Å²) in [5.41, 5.74) is 1.11. The highest BCUT2D eigenvalue weighted by Gasteiger charge is 2.29. The first kappa shape index (κ1) is 14.3. The number of halogens is 2. The Balaban J connectivity index is 0.00000144. The summed E-state index contributed by atoms with van der Waals surface area (Å²) in [5.74, 6) is -0.716. The molecule has 1 N–H and O–H groups in total. The van der Waals surface area contributed by atoms with E-state index in [-0.39, 0.29) is 18.4 Å². The maximum atomic E-state index is 11.0. The van der Waals surface area contributed by atoms with Crippen LogP contribution in [0, 0.1) is 0 Å². The Morgan fingerprint density at radius 2 is 2.06 bits per heavy atom. The number of hydrogen-bond acceptors (Lipinski definition) is 2. The van der Waals surface area contributed by atoms with Gasteiger partial charge in [0.1, 0.15) is 6.04 Å². The van der Waals surface area contributed by atoms with Gasteiger partial charge in [-0.15, -0.1) is 12.4 Å². The van der Waals surface area contributed by atoms with Gasteiger partial charge < -0.3 is 5.11 Å². The number of nitrogens with zero attached hydrogens (tertiary/aromatic N) is 1. The number of carboxylic acids is 1. The first-order chi connectivity index (χ1) is 7.66. The number of carboxylic acid groups (broad SMARTS) is 1. The quantitative estimate of drug-likeness (QED) is 0.922. The summed E-state index contributed by atoms with van der Waals surface area (Å²) in [4.78, 5) is 13.0. The van der Waals surface area contributed by atoms with Crippen LogP contribution in [0.2, 0.25) is 5.02 Å². The van der Waals surface area contributed by atoms with Crippen LogP contribution in [-0.2, 0) is 11.3 Å². The van der Waals surface area contributed by atoms with Crippen molar-refractivity contribution in [3.05, 3.63) is 34.9 Å². The van der Waals surface area contributed by atoms with Gasteiger partial charge in [-0.25, -0.2) is 0 Å². The molecule has 1 aliphatic heterocycles. The van der Waals surface area contributed by atoms with Crippen LogP contribution in [0.3, 0.4) is 0 Å². The van der Waals surface area contributed by atoms with E-state index >= 15 is 0 Å². The smallest absolute Gasteiger partial charge is 0.320 e. The highest BCUT2D eigenvalue weighted by molar-refractivity contribution is 6.30. The summed E-state index contributed by atoms with van der Waals surface area (Å²) < 4.78 is 0. The monoisotopic (exact) mass is 275 g/mol. The Morgan fingerprint density at radius 1 is 1.41 bits per heavy atom. The SMILES string of the molecule is Cl.O=C(O)C1CCCN1Cc1ccc(Cl)cc1. The van der Waals surface area contributed by atoms with Crippen molar-refractivity contribution in [3.8, 4) is 0 Å². The molecule has 0 bridgehead atoms. The molecule has 0 radical (unpaired) electrons. The summed E-state index contributed by atoms with van der Waals surface area (Å²) in [5, 5.41) is 9.75. The van der Waals surface area contributed by atoms with Gasteiger partial charge in [0.15, 0.2) is 0 Å². The summed E-state index contributed by atoms with van der Waals surface area (Å²) in [6.45, 7) is 1.55. The van der Waals surface area contributed by atoms with Crippen LogP contribution in [0.15, 0.2) is 24.3 Å². The molecule has 17 heavy (non-hydrogen) atoms. The van der Waals surface area contributed by atoms with E-state index in [1.54, 1.807) is 0 Å². The molecule has 5 heteroatoms. The molecule has 2 rings (SSSR count). The molecular weight excluding hydrogens is 261 g/mol. The van der Waals surface area contributed by atoms with Crippen molar-refractivity contribution in [1.82, 2.24) is 4.90 Å². The maximum absolute atomic E-state index is 11.0. The van der Waals surface area contributed by atoms with E-state index < -0.39 is 5.97 Å². The Hall–Kier alpha value is -0.770. The van der Waals surface area contributed by atoms with Gasteiger partial charge in [0.05, 0.1) is 0 Å². The predicted molar refractivity (Wildman–Crippen MR) is 69.8 cm³/mol. The van der Waals surface area contributed by atoms with Gasteiger partial charge >= 0.3 is 5.97 Å². The topological polar surface area (TPSA) is 40.5 Å². The molecule has 1 aromatic rings. The third-order valence-corrected chi connectivity index (χ3v) is 3.20. The first-order valence-corrected chi connectivity index (χ1v) is 5.76. The van der Waals surface area contributed by atoms with E-state index in [4.69, 9.17) is 16.7 Å². The average Bonchev–Trinajstić information content (AvgIpc) is 2.69. The van der Waals surface area contributed by atoms with Gasteiger partial charge in [0.2, 0.25) is 0 Å². The molecule has 1 heterocycles. The molecule has 94 valence electrons. The van der Waals surface area contributed by atoms with E-state index in [2.05, 4.69) is 0 Å². The van der Waals surface area contributed by atoms with E-state index in [0.29, 0.717) is 11.6 Å². The van der Waals surface area contributed by atoms with Crippen molar-refractivity contribution in [1.29, 1.82) is 0 Å². The molecule has 0 amide bonds. The molecule has 1 fully saturated rings. The maximum Gasteiger partial charge on any atom is 0.320 e. The minimum Gasteiger partial charge on any atom is -0.480 e. The highest BCUT2D eigenvalue weighted by atomic mass is 35.5. The standard InChI is InChI=1S/C12H14ClNO2.ClH/c13-10-5-3-9(4-6-10)8-14-7-1-2-11(14)12(15)16;/h3-6,11H,1-2,7-8H2,(H,15,16);1H. The molecule has 0 spiro atoms. The van der Waals surface area contributed by atoms with Crippen molar-refractivity contribution in [2.75, 3.05) is 6.54 Å². The van der Waals surface area contributed by atoms with E-state index in [0.717, 1.165) is 24.9 Å². The number of aliphatic carboxylic acids is 1. The van der Waals surface area contributed by atoms with E-state index in [9.17, 15) is 4.79 Å². The number of carbonyl (C=O) groups is 1. The van der Waals surface area contributed by atoms with Crippen LogP contribution < -0.4 is 0 Å². The van der Waals surface area contributed by atoms with Crippen molar-refractivity contribution < 1.29 is 9.90 Å². The third-order valence-electron chi connectivity index (χ3n) is 2.95. The van der Waals surface area contributed by atoms with Gasteiger partial charge in [-0.3, -0.25) is 9.69 Å². The Kier molecular flexibility index (Phi) is 5.25. The summed E-state index contributed by atoms with van der Waals surface area (Å²) >= 11 is 5.80. The second-order valence-electron chi connectivity index (χ2n) is 4.09. The second-order valence-corrected chi connectivity index (χ2v) is 4.53. The second kappa shape index (κ2) is 6.24. The molecule has 0 aromatic heterocycles. The van der Waals surface area contributed by atoms with Gasteiger partial charge in [0, 0.05) is 11.6 Å². The lowest BCUT2D eigenvalue weighted by Gasteiger charge is -2.20. The third kappa shape index (κ3) is 3.60. The fourth-order valence-corrected chi connectivity index (χ4v) is 2.25. The number of hydrogen-bond donors (Lipinski definition) is 1. The normalized spacial score (nSPS) is 19.9. The zero-order valence-corrected chi connectivity index (χ0v) is 10.9. The van der Waals surface area contributed by atoms with E-state index in [1.807, 2.05) is 29.2 Å². The summed E-state index contributed by atoms with van der Waals surface area (Å²) in [7, 11) is 0. The van der Waals surface area contributed by atoms with Crippen molar-refractivity contribution in [2.45, 2.75) is 25.4 Å². The molecule has 0 saturated carbocycles. The van der Waals surface area contributed by atoms with Gasteiger partial charge in [0.25, 0.3) is 0 Å². The van der Waals surface area contributed by atoms with Crippen molar-refractivity contribution >= 4 is 30.0 Å². The molecule has 1 unspecified atom stereocenters. The molecule has 1 saturated heterocycles. The van der Waals surface area contributed by atoms with Gasteiger partial charge in [-0.2, -0.15) is 0 Å². The van der Waals surface area contributed by atoms with Crippen LogP contribution in [-0.4, -0.2) is 28.6 Å². The van der Waals surface area contributed by atoms with E-state index in [1.165, 1.54) is 0 Å². The lowest BCUT2D eigenvalue weighted by Crippen LogP contribution is -2.35. The average molecular weight is 276 g/mol. The summed E-state index contributed by atoms with van der Waals surface area (Å²) in [6, 6.07) is 7.24. The Morgan fingerprint density at radius 3 is 2.65 bits per heavy atom. The lowest BCUT2D eigenvalue weighted by atomic mass is 10.2. The number of rotatable bonds is 3. The van der Waals surface area contributed by atoms with Crippen LogP contribution in [0.1, 0.15) is 18.4 Å². The molecule has 1 aliphatic rings. The predicted octanol–water partition coefficient (Wildman–Crippen LogP) is 2.81. The minimum absolute atomic E-state index is 0. The van der Waals surface area contributed by atoms with Crippen LogP contribution in [0.5, 0.6) is 0 Å². The van der Waals surface area contributed by atoms with Crippen LogP contribution in [0.4, 0.5) is 0 Å². The largest absolute Gasteiger partial charge is 0.480 e. The lowest BCUT2D eigenvalue weighted by molar-refractivity contribution is -0.142. The van der Waals surface area contributed by atoms with Crippen molar-refractivity contribution in [2.24, 2.45) is 0 Å². The van der Waals surface area contributed by atoms with Crippen LogP contribution in [0.25, 0.3) is 0 Å².